The minimum atomic E-state index is -0.0508. The van der Waals surface area contributed by atoms with Gasteiger partial charge in [-0.2, -0.15) is 0 Å². The van der Waals surface area contributed by atoms with Crippen LogP contribution in [0, 0.1) is 0 Å². The number of aromatic nitrogens is 2. The third-order valence-corrected chi connectivity index (χ3v) is 6.36. The van der Waals surface area contributed by atoms with E-state index in [0.29, 0.717) is 18.7 Å². The summed E-state index contributed by atoms with van der Waals surface area (Å²) in [6.45, 7) is 4.25. The molecule has 0 aliphatic rings. The largest absolute Gasteiger partial charge is 0.494 e. The Bertz CT molecular complexity index is 1220. The van der Waals surface area contributed by atoms with Crippen LogP contribution in [0.1, 0.15) is 41.5 Å². The number of carbonyl (C=O) groups is 1. The highest BCUT2D eigenvalue weighted by atomic mass is 79.9. The molecule has 1 amide bonds. The van der Waals surface area contributed by atoms with Gasteiger partial charge in [0.05, 0.1) is 17.6 Å². The normalized spacial score (nSPS) is 11.0. The topological polar surface area (TPSA) is 56.1 Å². The Balaban J connectivity index is 1.31. The first-order valence-corrected chi connectivity index (χ1v) is 12.6. The number of aryl methyl sites for hydroxylation is 3. The maximum atomic E-state index is 12.3. The molecular formula is C28H30BrN3O2. The fourth-order valence-electron chi connectivity index (χ4n) is 3.95. The molecule has 0 aliphatic carbocycles. The van der Waals surface area contributed by atoms with E-state index in [0.717, 1.165) is 59.3 Å². The number of carbonyl (C=O) groups excluding carboxylic acids is 1. The van der Waals surface area contributed by atoms with Gasteiger partial charge in [0.2, 0.25) is 0 Å². The summed E-state index contributed by atoms with van der Waals surface area (Å²) in [4.78, 5) is 17.2. The van der Waals surface area contributed by atoms with Crippen LogP contribution < -0.4 is 10.1 Å². The summed E-state index contributed by atoms with van der Waals surface area (Å²) >= 11 is 3.40. The molecule has 0 saturated carbocycles. The third kappa shape index (κ3) is 6.26. The number of amides is 1. The number of benzene rings is 3. The Morgan fingerprint density at radius 2 is 1.76 bits per heavy atom. The number of hydrogen-bond acceptors (Lipinski definition) is 3. The number of nitrogens with zero attached hydrogens (tertiary/aromatic N) is 2. The van der Waals surface area contributed by atoms with Crippen LogP contribution in [0.5, 0.6) is 5.75 Å². The molecule has 0 spiro atoms. The Labute approximate surface area is 209 Å². The van der Waals surface area contributed by atoms with Gasteiger partial charge in [0.25, 0.3) is 5.91 Å². The van der Waals surface area contributed by atoms with E-state index in [1.54, 1.807) is 0 Å². The first-order valence-electron chi connectivity index (χ1n) is 11.8. The molecule has 0 fully saturated rings. The quantitative estimate of drug-likeness (QED) is 0.240. The van der Waals surface area contributed by atoms with Crippen LogP contribution in [0.3, 0.4) is 0 Å². The van der Waals surface area contributed by atoms with Crippen molar-refractivity contribution in [2.75, 3.05) is 13.2 Å². The number of halogens is 1. The van der Waals surface area contributed by atoms with E-state index in [9.17, 15) is 4.79 Å². The first-order chi connectivity index (χ1) is 16.6. The van der Waals surface area contributed by atoms with Gasteiger partial charge in [0.15, 0.2) is 0 Å². The molecule has 34 heavy (non-hydrogen) atoms. The molecule has 1 aromatic heterocycles. The van der Waals surface area contributed by atoms with Crippen LogP contribution in [0.25, 0.3) is 11.0 Å². The van der Waals surface area contributed by atoms with Crippen LogP contribution in [-0.2, 0) is 19.4 Å². The van der Waals surface area contributed by atoms with Crippen LogP contribution >= 0.6 is 15.9 Å². The molecule has 6 heteroatoms. The van der Waals surface area contributed by atoms with Crippen molar-refractivity contribution in [1.82, 2.24) is 14.9 Å². The second kappa shape index (κ2) is 11.8. The van der Waals surface area contributed by atoms with Crippen LogP contribution in [-0.4, -0.2) is 28.6 Å². The second-order valence-corrected chi connectivity index (χ2v) is 9.15. The van der Waals surface area contributed by atoms with Gasteiger partial charge >= 0.3 is 0 Å². The lowest BCUT2D eigenvalue weighted by molar-refractivity contribution is 0.0953. The van der Waals surface area contributed by atoms with E-state index in [4.69, 9.17) is 9.72 Å². The van der Waals surface area contributed by atoms with E-state index in [-0.39, 0.29) is 5.91 Å². The van der Waals surface area contributed by atoms with Gasteiger partial charge in [0, 0.05) is 29.5 Å². The number of fused-ring (bicyclic) bond motifs is 1. The lowest BCUT2D eigenvalue weighted by Crippen LogP contribution is -2.25. The molecule has 4 aromatic rings. The minimum Gasteiger partial charge on any atom is -0.494 e. The summed E-state index contributed by atoms with van der Waals surface area (Å²) in [6.07, 6.45) is 3.55. The summed E-state index contributed by atoms with van der Waals surface area (Å²) in [6, 6.07) is 23.9. The van der Waals surface area contributed by atoms with Crippen molar-refractivity contribution in [3.05, 3.63) is 94.2 Å². The molecule has 0 unspecified atom stereocenters. The fraction of sp³-hybridized carbons (Fsp3) is 0.286. The maximum Gasteiger partial charge on any atom is 0.251 e. The Kier molecular flexibility index (Phi) is 8.36. The predicted octanol–water partition coefficient (Wildman–Crippen LogP) is 6.19. The zero-order chi connectivity index (χ0) is 23.8. The lowest BCUT2D eigenvalue weighted by atomic mass is 10.2. The molecule has 0 radical (unpaired) electrons. The average molecular weight is 520 g/mol. The standard InChI is InChI=1S/C28H30BrN3O2/c1-2-21-10-16-24(17-11-21)34-20-6-19-32-26-8-4-3-7-25(26)31-27(32)9-5-18-30-28(33)22-12-14-23(29)15-13-22/h3-4,7-8,10-17H,2,5-6,9,18-20H2,1H3,(H,30,33). The van der Waals surface area contributed by atoms with Gasteiger partial charge in [-0.3, -0.25) is 4.79 Å². The molecule has 0 saturated heterocycles. The Morgan fingerprint density at radius 1 is 1.00 bits per heavy atom. The van der Waals surface area contributed by atoms with Crippen molar-refractivity contribution in [2.45, 2.75) is 39.2 Å². The zero-order valence-corrected chi connectivity index (χ0v) is 21.1. The third-order valence-electron chi connectivity index (χ3n) is 5.83. The molecule has 0 bridgehead atoms. The molecule has 4 rings (SSSR count). The molecule has 1 N–H and O–H groups in total. The minimum absolute atomic E-state index is 0.0508. The summed E-state index contributed by atoms with van der Waals surface area (Å²) in [7, 11) is 0. The zero-order valence-electron chi connectivity index (χ0n) is 19.5. The number of para-hydroxylation sites is 2. The number of hydrogen-bond donors (Lipinski definition) is 1. The molecular weight excluding hydrogens is 490 g/mol. The van der Waals surface area contributed by atoms with Crippen molar-refractivity contribution in [3.63, 3.8) is 0 Å². The average Bonchev–Trinajstić information content (AvgIpc) is 3.22. The van der Waals surface area contributed by atoms with Gasteiger partial charge in [0.1, 0.15) is 11.6 Å². The smallest absolute Gasteiger partial charge is 0.251 e. The van der Waals surface area contributed by atoms with Gasteiger partial charge in [-0.15, -0.1) is 0 Å². The molecule has 5 nitrogen and oxygen atoms in total. The summed E-state index contributed by atoms with van der Waals surface area (Å²) in [5, 5.41) is 3.01. The molecule has 0 atom stereocenters. The monoisotopic (exact) mass is 519 g/mol. The number of rotatable bonds is 11. The van der Waals surface area contributed by atoms with Gasteiger partial charge in [-0.1, -0.05) is 47.1 Å². The van der Waals surface area contributed by atoms with Gasteiger partial charge in [-0.25, -0.2) is 4.98 Å². The van der Waals surface area contributed by atoms with E-state index < -0.39 is 0 Å². The maximum absolute atomic E-state index is 12.3. The van der Waals surface area contributed by atoms with Gasteiger partial charge in [-0.05, 0) is 73.4 Å². The molecule has 3 aromatic carbocycles. The molecule has 1 heterocycles. The Morgan fingerprint density at radius 3 is 2.53 bits per heavy atom. The van der Waals surface area contributed by atoms with Crippen molar-refractivity contribution in [2.24, 2.45) is 0 Å². The van der Waals surface area contributed by atoms with E-state index >= 15 is 0 Å². The highest BCUT2D eigenvalue weighted by Crippen LogP contribution is 2.18. The predicted molar refractivity (Wildman–Crippen MR) is 140 cm³/mol. The Hall–Kier alpha value is -3.12. The van der Waals surface area contributed by atoms with E-state index in [1.165, 1.54) is 5.56 Å². The lowest BCUT2D eigenvalue weighted by Gasteiger charge is -2.11. The second-order valence-electron chi connectivity index (χ2n) is 8.23. The highest BCUT2D eigenvalue weighted by molar-refractivity contribution is 9.10. The first kappa shape index (κ1) is 24.0. The van der Waals surface area contributed by atoms with E-state index in [2.05, 4.69) is 63.1 Å². The van der Waals surface area contributed by atoms with Crippen molar-refractivity contribution in [1.29, 1.82) is 0 Å². The van der Waals surface area contributed by atoms with Crippen molar-refractivity contribution in [3.8, 4) is 5.75 Å². The van der Waals surface area contributed by atoms with Crippen molar-refractivity contribution < 1.29 is 9.53 Å². The molecule has 0 aliphatic heterocycles. The van der Waals surface area contributed by atoms with Crippen LogP contribution in [0.4, 0.5) is 0 Å². The summed E-state index contributed by atoms with van der Waals surface area (Å²) in [5.41, 5.74) is 4.13. The highest BCUT2D eigenvalue weighted by Gasteiger charge is 2.11. The summed E-state index contributed by atoms with van der Waals surface area (Å²) < 4.78 is 9.19. The number of ether oxygens (including phenoxy) is 1. The fourth-order valence-corrected chi connectivity index (χ4v) is 4.22. The number of nitrogens with one attached hydrogen (secondary N) is 1. The van der Waals surface area contributed by atoms with E-state index in [1.807, 2.05) is 42.5 Å². The SMILES string of the molecule is CCc1ccc(OCCCn2c(CCCNC(=O)c3ccc(Br)cc3)nc3ccccc32)cc1. The van der Waals surface area contributed by atoms with Gasteiger partial charge < -0.3 is 14.6 Å². The van der Waals surface area contributed by atoms with Crippen LogP contribution in [0.2, 0.25) is 0 Å². The number of imidazole rings is 1. The van der Waals surface area contributed by atoms with Crippen LogP contribution in [0.15, 0.2) is 77.3 Å². The summed E-state index contributed by atoms with van der Waals surface area (Å²) in [5.74, 6) is 1.91. The van der Waals surface area contributed by atoms with Crippen molar-refractivity contribution >= 4 is 32.9 Å². The molecule has 176 valence electrons.